The zero-order valence-corrected chi connectivity index (χ0v) is 18.4. The van der Waals surface area contributed by atoms with Gasteiger partial charge in [0.1, 0.15) is 11.4 Å². The van der Waals surface area contributed by atoms with Crippen LogP contribution in [-0.4, -0.2) is 56.6 Å². The van der Waals surface area contributed by atoms with Gasteiger partial charge in [0, 0.05) is 24.2 Å². The van der Waals surface area contributed by atoms with Gasteiger partial charge < -0.3 is 29.4 Å². The van der Waals surface area contributed by atoms with Crippen LogP contribution in [0.4, 0.5) is 5.69 Å². The molecule has 0 spiro atoms. The highest BCUT2D eigenvalue weighted by Crippen LogP contribution is 2.41. The zero-order chi connectivity index (χ0) is 22.5. The number of benzene rings is 2. The standard InChI is InChI=1S/C23H27N3O5/c1-6-14-9-7-8-10-16(14)24-20(27)13-26(2)23(28)17-11-15-18(29-3)12-19(30-4)22(31-5)21(15)25-17/h7-12,25H,6,13H2,1-5H3,(H,24,27). The first-order chi connectivity index (χ1) is 14.9. The predicted molar refractivity (Wildman–Crippen MR) is 119 cm³/mol. The number of aromatic amines is 1. The minimum atomic E-state index is -0.335. The molecule has 0 aliphatic carbocycles. The third-order valence-electron chi connectivity index (χ3n) is 5.07. The van der Waals surface area contributed by atoms with E-state index in [1.165, 1.54) is 19.1 Å². The smallest absolute Gasteiger partial charge is 0.270 e. The van der Waals surface area contributed by atoms with Crippen LogP contribution < -0.4 is 19.5 Å². The van der Waals surface area contributed by atoms with E-state index in [4.69, 9.17) is 14.2 Å². The number of carbonyl (C=O) groups excluding carboxylic acids is 2. The lowest BCUT2D eigenvalue weighted by Gasteiger charge is -2.17. The van der Waals surface area contributed by atoms with Gasteiger partial charge in [-0.1, -0.05) is 25.1 Å². The second kappa shape index (κ2) is 9.42. The molecule has 0 fully saturated rings. The summed E-state index contributed by atoms with van der Waals surface area (Å²) in [6.07, 6.45) is 0.799. The number of likely N-dealkylation sites (N-methyl/N-ethyl adjacent to an activating group) is 1. The van der Waals surface area contributed by atoms with Crippen molar-refractivity contribution >= 4 is 28.4 Å². The summed E-state index contributed by atoms with van der Waals surface area (Å²) in [5, 5.41) is 3.56. The molecule has 0 aliphatic rings. The van der Waals surface area contributed by atoms with Crippen LogP contribution >= 0.6 is 0 Å². The van der Waals surface area contributed by atoms with E-state index in [-0.39, 0.29) is 18.4 Å². The first-order valence-corrected chi connectivity index (χ1v) is 9.88. The van der Waals surface area contributed by atoms with Crippen LogP contribution in [0, 0.1) is 0 Å². The minimum absolute atomic E-state index is 0.0934. The molecule has 8 nitrogen and oxygen atoms in total. The third kappa shape index (κ3) is 4.42. The fourth-order valence-corrected chi connectivity index (χ4v) is 3.49. The van der Waals surface area contributed by atoms with Gasteiger partial charge in [0.2, 0.25) is 5.91 Å². The number of nitrogens with zero attached hydrogens (tertiary/aromatic N) is 1. The highest BCUT2D eigenvalue weighted by Gasteiger charge is 2.22. The SMILES string of the molecule is CCc1ccccc1NC(=O)CN(C)C(=O)c1cc2c(OC)cc(OC)c(OC)c2[nH]1. The van der Waals surface area contributed by atoms with E-state index in [1.807, 2.05) is 31.2 Å². The molecule has 3 aromatic rings. The topological polar surface area (TPSA) is 92.9 Å². The molecule has 164 valence electrons. The van der Waals surface area contributed by atoms with Crippen molar-refractivity contribution < 1.29 is 23.8 Å². The number of anilines is 1. The lowest BCUT2D eigenvalue weighted by atomic mass is 10.1. The first kappa shape index (κ1) is 22.0. The Kier molecular flexibility index (Phi) is 6.69. The molecule has 1 aromatic heterocycles. The molecule has 0 radical (unpaired) electrons. The molecule has 2 aromatic carbocycles. The molecule has 0 saturated carbocycles. The number of aromatic nitrogens is 1. The van der Waals surface area contributed by atoms with E-state index >= 15 is 0 Å². The van der Waals surface area contributed by atoms with Crippen LogP contribution in [0.25, 0.3) is 10.9 Å². The lowest BCUT2D eigenvalue weighted by Crippen LogP contribution is -2.35. The largest absolute Gasteiger partial charge is 0.496 e. The molecule has 31 heavy (non-hydrogen) atoms. The van der Waals surface area contributed by atoms with Gasteiger partial charge in [-0.25, -0.2) is 0 Å². The molecule has 2 amide bonds. The number of para-hydroxylation sites is 1. The predicted octanol–water partition coefficient (Wildman–Crippen LogP) is 3.47. The molecule has 0 bridgehead atoms. The Morgan fingerprint density at radius 1 is 1.03 bits per heavy atom. The van der Waals surface area contributed by atoms with E-state index in [0.717, 1.165) is 17.7 Å². The van der Waals surface area contributed by atoms with Crippen LogP contribution in [0.1, 0.15) is 23.0 Å². The number of amides is 2. The number of ether oxygens (including phenoxy) is 3. The average molecular weight is 425 g/mol. The number of nitrogens with one attached hydrogen (secondary N) is 2. The molecular formula is C23H27N3O5. The fourth-order valence-electron chi connectivity index (χ4n) is 3.49. The van der Waals surface area contributed by atoms with E-state index in [2.05, 4.69) is 10.3 Å². The fraction of sp³-hybridized carbons (Fsp3) is 0.304. The average Bonchev–Trinajstić information content (AvgIpc) is 3.22. The molecule has 8 heteroatoms. The second-order valence-corrected chi connectivity index (χ2v) is 7.01. The van der Waals surface area contributed by atoms with Gasteiger partial charge in [-0.15, -0.1) is 0 Å². The summed E-state index contributed by atoms with van der Waals surface area (Å²) in [6.45, 7) is 1.93. The van der Waals surface area contributed by atoms with Gasteiger partial charge in [-0.05, 0) is 24.1 Å². The molecule has 3 rings (SSSR count). The van der Waals surface area contributed by atoms with Crippen molar-refractivity contribution in [2.75, 3.05) is 40.2 Å². The van der Waals surface area contributed by atoms with Crippen molar-refractivity contribution in [1.29, 1.82) is 0 Å². The number of carbonyl (C=O) groups is 2. The van der Waals surface area contributed by atoms with Gasteiger partial charge in [-0.3, -0.25) is 9.59 Å². The van der Waals surface area contributed by atoms with Gasteiger partial charge >= 0.3 is 0 Å². The number of methoxy groups -OCH3 is 3. The summed E-state index contributed by atoms with van der Waals surface area (Å²) in [5.74, 6) is 0.881. The monoisotopic (exact) mass is 425 g/mol. The van der Waals surface area contributed by atoms with Crippen LogP contribution in [0.5, 0.6) is 17.2 Å². The molecule has 0 saturated heterocycles. The Morgan fingerprint density at radius 3 is 2.39 bits per heavy atom. The number of fused-ring (bicyclic) bond motifs is 1. The Balaban J connectivity index is 1.82. The van der Waals surface area contributed by atoms with E-state index < -0.39 is 0 Å². The molecule has 0 atom stereocenters. The summed E-state index contributed by atoms with van der Waals surface area (Å²) in [7, 11) is 6.17. The maximum Gasteiger partial charge on any atom is 0.270 e. The van der Waals surface area contributed by atoms with Crippen LogP contribution in [0.3, 0.4) is 0 Å². The van der Waals surface area contributed by atoms with Crippen molar-refractivity contribution in [2.24, 2.45) is 0 Å². The highest BCUT2D eigenvalue weighted by atomic mass is 16.5. The maximum absolute atomic E-state index is 13.0. The van der Waals surface area contributed by atoms with E-state index in [0.29, 0.717) is 33.8 Å². The Morgan fingerprint density at radius 2 is 1.74 bits per heavy atom. The normalized spacial score (nSPS) is 10.6. The van der Waals surface area contributed by atoms with Crippen molar-refractivity contribution in [3.8, 4) is 17.2 Å². The maximum atomic E-state index is 13.0. The van der Waals surface area contributed by atoms with Crippen molar-refractivity contribution in [1.82, 2.24) is 9.88 Å². The van der Waals surface area contributed by atoms with Gasteiger partial charge in [0.05, 0.1) is 33.4 Å². The van der Waals surface area contributed by atoms with Crippen LogP contribution in [-0.2, 0) is 11.2 Å². The van der Waals surface area contributed by atoms with Gasteiger partial charge in [0.15, 0.2) is 11.5 Å². The summed E-state index contributed by atoms with van der Waals surface area (Å²) in [4.78, 5) is 29.9. The Bertz CT molecular complexity index is 1110. The lowest BCUT2D eigenvalue weighted by molar-refractivity contribution is -0.116. The summed E-state index contributed by atoms with van der Waals surface area (Å²) in [5.41, 5.74) is 2.68. The quantitative estimate of drug-likeness (QED) is 0.577. The molecular weight excluding hydrogens is 398 g/mol. The highest BCUT2D eigenvalue weighted by molar-refractivity contribution is 6.04. The molecule has 0 unspecified atom stereocenters. The van der Waals surface area contributed by atoms with Gasteiger partial charge in [0.25, 0.3) is 5.91 Å². The summed E-state index contributed by atoms with van der Waals surface area (Å²) in [6, 6.07) is 11.0. The molecule has 0 aliphatic heterocycles. The number of hydrogen-bond acceptors (Lipinski definition) is 5. The minimum Gasteiger partial charge on any atom is -0.496 e. The summed E-state index contributed by atoms with van der Waals surface area (Å²) < 4.78 is 16.2. The van der Waals surface area contributed by atoms with E-state index in [9.17, 15) is 9.59 Å². The van der Waals surface area contributed by atoms with Crippen molar-refractivity contribution in [2.45, 2.75) is 13.3 Å². The Labute approximate surface area is 181 Å². The Hall–Kier alpha value is -3.68. The number of aryl methyl sites for hydroxylation is 1. The van der Waals surface area contributed by atoms with Crippen LogP contribution in [0.2, 0.25) is 0 Å². The van der Waals surface area contributed by atoms with Crippen molar-refractivity contribution in [3.63, 3.8) is 0 Å². The first-order valence-electron chi connectivity index (χ1n) is 9.88. The van der Waals surface area contributed by atoms with E-state index in [1.54, 1.807) is 26.3 Å². The molecule has 1 heterocycles. The summed E-state index contributed by atoms with van der Waals surface area (Å²) >= 11 is 0. The zero-order valence-electron chi connectivity index (χ0n) is 18.4. The van der Waals surface area contributed by atoms with Gasteiger partial charge in [-0.2, -0.15) is 0 Å². The molecule has 2 N–H and O–H groups in total. The van der Waals surface area contributed by atoms with Crippen molar-refractivity contribution in [3.05, 3.63) is 47.7 Å². The number of H-pyrrole nitrogens is 1. The van der Waals surface area contributed by atoms with Crippen LogP contribution in [0.15, 0.2) is 36.4 Å². The third-order valence-corrected chi connectivity index (χ3v) is 5.07. The number of rotatable bonds is 8. The second-order valence-electron chi connectivity index (χ2n) is 7.01. The number of hydrogen-bond donors (Lipinski definition) is 2.